The van der Waals surface area contributed by atoms with Gasteiger partial charge < -0.3 is 0 Å². The Morgan fingerprint density at radius 2 is 1.29 bits per heavy atom. The molecule has 2 aromatic rings. The van der Waals surface area contributed by atoms with E-state index in [1.54, 1.807) is 0 Å². The molecule has 0 nitrogen and oxygen atoms in total. The standard InChI is InChI=1S/C17H22/c1-3-5-9-15-13-12-14(8-4-2)16-10-6-7-11-17(15)16/h6-7,10-13H,3-5,8-9H2,1-2H3. The average Bonchev–Trinajstić information content (AvgIpc) is 2.38. The molecule has 0 bridgehead atoms. The Balaban J connectivity index is 2.46. The lowest BCUT2D eigenvalue weighted by molar-refractivity contribution is 0.798. The van der Waals surface area contributed by atoms with Crippen LogP contribution in [0, 0.1) is 0 Å². The summed E-state index contributed by atoms with van der Waals surface area (Å²) in [6.07, 6.45) is 6.18. The molecular formula is C17H22. The van der Waals surface area contributed by atoms with E-state index in [-0.39, 0.29) is 0 Å². The fourth-order valence-electron chi connectivity index (χ4n) is 2.50. The van der Waals surface area contributed by atoms with Crippen molar-refractivity contribution in [2.75, 3.05) is 0 Å². The Hall–Kier alpha value is -1.30. The predicted molar refractivity (Wildman–Crippen MR) is 76.6 cm³/mol. The molecule has 0 saturated carbocycles. The van der Waals surface area contributed by atoms with Gasteiger partial charge in [-0.2, -0.15) is 0 Å². The lowest BCUT2D eigenvalue weighted by atomic mass is 9.95. The molecule has 2 rings (SSSR count). The molecule has 0 amide bonds. The summed E-state index contributed by atoms with van der Waals surface area (Å²) in [7, 11) is 0. The highest BCUT2D eigenvalue weighted by Gasteiger charge is 2.04. The summed E-state index contributed by atoms with van der Waals surface area (Å²) in [5.74, 6) is 0. The number of hydrogen-bond acceptors (Lipinski definition) is 0. The molecule has 0 N–H and O–H groups in total. The molecule has 0 aliphatic rings. The topological polar surface area (TPSA) is 0 Å². The highest BCUT2D eigenvalue weighted by atomic mass is 14.1. The van der Waals surface area contributed by atoms with Crippen molar-refractivity contribution in [2.45, 2.75) is 46.0 Å². The van der Waals surface area contributed by atoms with E-state index in [9.17, 15) is 0 Å². The summed E-state index contributed by atoms with van der Waals surface area (Å²) in [6.45, 7) is 4.51. The summed E-state index contributed by atoms with van der Waals surface area (Å²) in [5, 5.41) is 2.93. The van der Waals surface area contributed by atoms with E-state index in [1.807, 2.05) is 0 Å². The van der Waals surface area contributed by atoms with Crippen molar-refractivity contribution in [1.82, 2.24) is 0 Å². The lowest BCUT2D eigenvalue weighted by Crippen LogP contribution is -1.92. The number of unbranched alkanes of at least 4 members (excludes halogenated alkanes) is 1. The zero-order valence-electron chi connectivity index (χ0n) is 11.0. The summed E-state index contributed by atoms with van der Waals surface area (Å²) in [6, 6.07) is 13.5. The van der Waals surface area contributed by atoms with Crippen LogP contribution in [0.4, 0.5) is 0 Å². The number of aryl methyl sites for hydroxylation is 2. The minimum Gasteiger partial charge on any atom is -0.0654 e. The molecule has 0 aliphatic carbocycles. The fraction of sp³-hybridized carbons (Fsp3) is 0.412. The maximum Gasteiger partial charge on any atom is -0.0149 e. The second-order valence-corrected chi connectivity index (χ2v) is 4.78. The highest BCUT2D eigenvalue weighted by molar-refractivity contribution is 5.88. The SMILES string of the molecule is CCCCc1ccc(CCC)c2ccccc12. The first-order chi connectivity index (χ1) is 8.36. The van der Waals surface area contributed by atoms with E-state index >= 15 is 0 Å². The van der Waals surface area contributed by atoms with E-state index in [1.165, 1.54) is 54.0 Å². The first-order valence-electron chi connectivity index (χ1n) is 6.86. The zero-order chi connectivity index (χ0) is 12.1. The smallest absolute Gasteiger partial charge is 0.0149 e. The van der Waals surface area contributed by atoms with Gasteiger partial charge in [0.2, 0.25) is 0 Å². The van der Waals surface area contributed by atoms with E-state index in [0.29, 0.717) is 0 Å². The third-order valence-electron chi connectivity index (χ3n) is 3.42. The van der Waals surface area contributed by atoms with Gasteiger partial charge in [-0.3, -0.25) is 0 Å². The maximum atomic E-state index is 2.34. The van der Waals surface area contributed by atoms with Crippen molar-refractivity contribution < 1.29 is 0 Å². The van der Waals surface area contributed by atoms with Crippen LogP contribution < -0.4 is 0 Å². The van der Waals surface area contributed by atoms with Crippen molar-refractivity contribution in [3.63, 3.8) is 0 Å². The van der Waals surface area contributed by atoms with Crippen molar-refractivity contribution in [1.29, 1.82) is 0 Å². The number of rotatable bonds is 5. The van der Waals surface area contributed by atoms with E-state index in [0.717, 1.165) is 0 Å². The van der Waals surface area contributed by atoms with Crippen LogP contribution in [0.15, 0.2) is 36.4 Å². The zero-order valence-corrected chi connectivity index (χ0v) is 11.0. The van der Waals surface area contributed by atoms with Crippen LogP contribution >= 0.6 is 0 Å². The molecule has 0 heterocycles. The molecule has 0 atom stereocenters. The molecule has 0 heteroatoms. The average molecular weight is 226 g/mol. The van der Waals surface area contributed by atoms with Crippen LogP contribution in [-0.2, 0) is 12.8 Å². The Morgan fingerprint density at radius 1 is 0.706 bits per heavy atom. The van der Waals surface area contributed by atoms with Crippen LogP contribution in [0.3, 0.4) is 0 Å². The number of hydrogen-bond donors (Lipinski definition) is 0. The molecular weight excluding hydrogens is 204 g/mol. The van der Waals surface area contributed by atoms with Crippen molar-refractivity contribution >= 4 is 10.8 Å². The van der Waals surface area contributed by atoms with Crippen molar-refractivity contribution in [3.8, 4) is 0 Å². The molecule has 2 aromatic carbocycles. The van der Waals surface area contributed by atoms with Gasteiger partial charge in [0.15, 0.2) is 0 Å². The second kappa shape index (κ2) is 5.86. The second-order valence-electron chi connectivity index (χ2n) is 4.78. The largest absolute Gasteiger partial charge is 0.0654 e. The van der Waals surface area contributed by atoms with Gasteiger partial charge in [-0.05, 0) is 41.2 Å². The molecule has 0 aromatic heterocycles. The lowest BCUT2D eigenvalue weighted by Gasteiger charge is -2.10. The summed E-state index contributed by atoms with van der Waals surface area (Å²) in [5.41, 5.74) is 3.02. The van der Waals surface area contributed by atoms with Gasteiger partial charge in [0.25, 0.3) is 0 Å². The number of benzene rings is 2. The predicted octanol–water partition coefficient (Wildman–Crippen LogP) is 5.13. The van der Waals surface area contributed by atoms with E-state index in [4.69, 9.17) is 0 Å². The summed E-state index contributed by atoms with van der Waals surface area (Å²) < 4.78 is 0. The van der Waals surface area contributed by atoms with Crippen LogP contribution in [-0.4, -0.2) is 0 Å². The third kappa shape index (κ3) is 2.69. The van der Waals surface area contributed by atoms with Gasteiger partial charge in [0, 0.05) is 0 Å². The summed E-state index contributed by atoms with van der Waals surface area (Å²) >= 11 is 0. The van der Waals surface area contributed by atoms with Crippen LogP contribution in [0.1, 0.15) is 44.2 Å². The molecule has 17 heavy (non-hydrogen) atoms. The Labute approximate surface area is 105 Å². The normalized spacial score (nSPS) is 10.9. The first kappa shape index (κ1) is 12.2. The van der Waals surface area contributed by atoms with Gasteiger partial charge in [-0.1, -0.05) is 63.1 Å². The molecule has 0 spiro atoms. The number of fused-ring (bicyclic) bond motifs is 1. The van der Waals surface area contributed by atoms with Gasteiger partial charge in [-0.15, -0.1) is 0 Å². The van der Waals surface area contributed by atoms with Crippen LogP contribution in [0.25, 0.3) is 10.8 Å². The maximum absolute atomic E-state index is 2.34. The minimum atomic E-state index is 1.19. The Morgan fingerprint density at radius 3 is 1.82 bits per heavy atom. The van der Waals surface area contributed by atoms with Gasteiger partial charge in [-0.25, -0.2) is 0 Å². The van der Waals surface area contributed by atoms with E-state index in [2.05, 4.69) is 50.2 Å². The molecule has 0 fully saturated rings. The molecule has 90 valence electrons. The van der Waals surface area contributed by atoms with E-state index < -0.39 is 0 Å². The van der Waals surface area contributed by atoms with Crippen LogP contribution in [0.2, 0.25) is 0 Å². The Kier molecular flexibility index (Phi) is 4.19. The molecule has 0 unspecified atom stereocenters. The third-order valence-corrected chi connectivity index (χ3v) is 3.42. The van der Waals surface area contributed by atoms with Crippen molar-refractivity contribution in [2.24, 2.45) is 0 Å². The minimum absolute atomic E-state index is 1.19. The summed E-state index contributed by atoms with van der Waals surface area (Å²) in [4.78, 5) is 0. The fourth-order valence-corrected chi connectivity index (χ4v) is 2.50. The Bertz CT molecular complexity index is 482. The molecule has 0 saturated heterocycles. The van der Waals surface area contributed by atoms with Crippen LogP contribution in [0.5, 0.6) is 0 Å². The van der Waals surface area contributed by atoms with Gasteiger partial charge in [0.05, 0.1) is 0 Å². The molecule has 0 aliphatic heterocycles. The monoisotopic (exact) mass is 226 g/mol. The molecule has 0 radical (unpaired) electrons. The first-order valence-corrected chi connectivity index (χ1v) is 6.86. The van der Waals surface area contributed by atoms with Gasteiger partial charge >= 0.3 is 0 Å². The van der Waals surface area contributed by atoms with Gasteiger partial charge in [0.1, 0.15) is 0 Å². The van der Waals surface area contributed by atoms with Crippen molar-refractivity contribution in [3.05, 3.63) is 47.5 Å². The highest BCUT2D eigenvalue weighted by Crippen LogP contribution is 2.25. The quantitative estimate of drug-likeness (QED) is 0.662.